The van der Waals surface area contributed by atoms with Crippen LogP contribution in [0.1, 0.15) is 252 Å². The van der Waals surface area contributed by atoms with E-state index in [0.717, 1.165) is 44.9 Å². The van der Waals surface area contributed by atoms with Gasteiger partial charge in [0.15, 0.2) is 0 Å². The number of rotatable bonds is 41. The highest BCUT2D eigenvalue weighted by Gasteiger charge is 2.24. The number of carbonyl (C=O) groups excluding carboxylic acids is 2. The number of aliphatic hydroxyl groups excluding tert-OH is 2. The molecule has 0 aromatic rings. The van der Waals surface area contributed by atoms with Crippen LogP contribution in [-0.4, -0.2) is 46.9 Å². The number of nitrogens with one attached hydrogen (secondary N) is 1. The third-order valence-corrected chi connectivity index (χ3v) is 10.7. The van der Waals surface area contributed by atoms with Crippen molar-refractivity contribution in [1.82, 2.24) is 5.32 Å². The predicted molar refractivity (Wildman–Crippen MR) is 218 cm³/mol. The van der Waals surface area contributed by atoms with E-state index < -0.39 is 18.2 Å². The summed E-state index contributed by atoms with van der Waals surface area (Å²) < 4.78 is 5.87. The van der Waals surface area contributed by atoms with E-state index in [4.69, 9.17) is 4.74 Å². The highest BCUT2D eigenvalue weighted by Crippen LogP contribution is 2.18. The number of hydrogen-bond donors (Lipinski definition) is 3. The molecule has 0 saturated heterocycles. The van der Waals surface area contributed by atoms with Crippen LogP contribution in [0.5, 0.6) is 0 Å². The van der Waals surface area contributed by atoms with Crippen molar-refractivity contribution < 1.29 is 24.5 Å². The molecule has 3 atom stereocenters. The first-order chi connectivity index (χ1) is 25.0. The van der Waals surface area contributed by atoms with Gasteiger partial charge in [-0.15, -0.1) is 0 Å². The minimum Gasteiger partial charge on any atom is -0.462 e. The van der Waals surface area contributed by atoms with Crippen LogP contribution in [0.15, 0.2) is 0 Å². The largest absolute Gasteiger partial charge is 0.462 e. The highest BCUT2D eigenvalue weighted by atomic mass is 16.5. The molecule has 304 valence electrons. The molecule has 0 bridgehead atoms. The number of ether oxygens (including phenoxy) is 1. The molecule has 0 heterocycles. The summed E-state index contributed by atoms with van der Waals surface area (Å²) in [5, 5.41) is 23.6. The van der Waals surface area contributed by atoms with Crippen LogP contribution in [0.25, 0.3) is 0 Å². The molecule has 51 heavy (non-hydrogen) atoms. The van der Waals surface area contributed by atoms with Gasteiger partial charge in [-0.2, -0.15) is 0 Å². The van der Waals surface area contributed by atoms with Crippen molar-refractivity contribution >= 4 is 11.9 Å². The van der Waals surface area contributed by atoms with Gasteiger partial charge < -0.3 is 20.3 Å². The molecule has 0 aliphatic carbocycles. The van der Waals surface area contributed by atoms with Gasteiger partial charge in [-0.1, -0.05) is 213 Å². The van der Waals surface area contributed by atoms with Crippen LogP contribution in [0, 0.1) is 0 Å². The maximum atomic E-state index is 13.1. The smallest absolute Gasteiger partial charge is 0.306 e. The average Bonchev–Trinajstić information content (AvgIpc) is 3.12. The van der Waals surface area contributed by atoms with Crippen LogP contribution in [-0.2, 0) is 14.3 Å². The Morgan fingerprint density at radius 1 is 0.490 bits per heavy atom. The van der Waals surface area contributed by atoms with Gasteiger partial charge in [-0.05, 0) is 25.7 Å². The fourth-order valence-corrected chi connectivity index (χ4v) is 7.20. The van der Waals surface area contributed by atoms with Gasteiger partial charge in [0.1, 0.15) is 6.10 Å². The molecule has 0 fully saturated rings. The van der Waals surface area contributed by atoms with Crippen molar-refractivity contribution in [2.45, 2.75) is 270 Å². The van der Waals surface area contributed by atoms with Crippen LogP contribution in [0.3, 0.4) is 0 Å². The summed E-state index contributed by atoms with van der Waals surface area (Å²) in [6.07, 6.45) is 40.3. The topological polar surface area (TPSA) is 95.9 Å². The molecule has 0 aromatic carbocycles. The number of hydrogen-bond acceptors (Lipinski definition) is 5. The zero-order chi connectivity index (χ0) is 37.5. The van der Waals surface area contributed by atoms with Crippen molar-refractivity contribution in [1.29, 1.82) is 0 Å². The summed E-state index contributed by atoms with van der Waals surface area (Å²) in [7, 11) is 0. The lowest BCUT2D eigenvalue weighted by molar-refractivity contribution is -0.151. The van der Waals surface area contributed by atoms with E-state index in [1.165, 1.54) is 161 Å². The molecule has 0 aliphatic heterocycles. The van der Waals surface area contributed by atoms with Crippen molar-refractivity contribution in [3.8, 4) is 0 Å². The van der Waals surface area contributed by atoms with E-state index in [0.29, 0.717) is 19.3 Å². The first kappa shape index (κ1) is 49.9. The third kappa shape index (κ3) is 35.6. The molecule has 1 amide bonds. The van der Waals surface area contributed by atoms with Gasteiger partial charge in [-0.3, -0.25) is 9.59 Å². The molecule has 0 radical (unpaired) electrons. The summed E-state index contributed by atoms with van der Waals surface area (Å²) in [6.45, 7) is 6.45. The summed E-state index contributed by atoms with van der Waals surface area (Å²) in [5.74, 6) is -0.465. The Balaban J connectivity index is 4.38. The Kier molecular flexibility index (Phi) is 39.2. The summed E-state index contributed by atoms with van der Waals surface area (Å²) in [4.78, 5) is 25.8. The second-order valence-corrected chi connectivity index (χ2v) is 15.8. The lowest BCUT2D eigenvalue weighted by Gasteiger charge is -2.24. The van der Waals surface area contributed by atoms with Crippen LogP contribution in [0.4, 0.5) is 0 Å². The molecule has 6 heteroatoms. The van der Waals surface area contributed by atoms with E-state index in [9.17, 15) is 19.8 Å². The quantitative estimate of drug-likeness (QED) is 0.0431. The summed E-state index contributed by atoms with van der Waals surface area (Å²) >= 11 is 0. The Labute approximate surface area is 317 Å². The molecule has 0 saturated carbocycles. The SMILES string of the molecule is CCCCCCCCCCCCCCCCC(O)C(CO)NC(=O)CC(CCCCCCCCC)OC(=O)CCCCCCCCCCCCC. The van der Waals surface area contributed by atoms with Crippen LogP contribution < -0.4 is 5.32 Å². The Morgan fingerprint density at radius 2 is 0.824 bits per heavy atom. The Bertz CT molecular complexity index is 731. The number of amides is 1. The molecule has 3 unspecified atom stereocenters. The van der Waals surface area contributed by atoms with Crippen LogP contribution in [0.2, 0.25) is 0 Å². The number of esters is 1. The lowest BCUT2D eigenvalue weighted by Crippen LogP contribution is -2.46. The molecule has 0 rings (SSSR count). The maximum absolute atomic E-state index is 13.1. The maximum Gasteiger partial charge on any atom is 0.306 e. The number of unbranched alkanes of at least 4 members (excludes halogenated alkanes) is 29. The minimum absolute atomic E-state index is 0.0852. The van der Waals surface area contributed by atoms with Gasteiger partial charge in [0.2, 0.25) is 5.91 Å². The molecule has 6 nitrogen and oxygen atoms in total. The average molecular weight is 724 g/mol. The van der Waals surface area contributed by atoms with Gasteiger partial charge in [0.25, 0.3) is 0 Å². The molecular weight excluding hydrogens is 634 g/mol. The summed E-state index contributed by atoms with van der Waals surface area (Å²) in [5.41, 5.74) is 0. The first-order valence-electron chi connectivity index (χ1n) is 22.8. The van der Waals surface area contributed by atoms with Crippen molar-refractivity contribution in [3.63, 3.8) is 0 Å². The highest BCUT2D eigenvalue weighted by molar-refractivity contribution is 5.77. The second-order valence-electron chi connectivity index (χ2n) is 15.8. The van der Waals surface area contributed by atoms with E-state index in [-0.39, 0.29) is 24.9 Å². The van der Waals surface area contributed by atoms with E-state index in [1.807, 2.05) is 0 Å². The lowest BCUT2D eigenvalue weighted by atomic mass is 10.0. The van der Waals surface area contributed by atoms with E-state index in [1.54, 1.807) is 0 Å². The van der Waals surface area contributed by atoms with Crippen molar-refractivity contribution in [2.75, 3.05) is 6.61 Å². The minimum atomic E-state index is -0.776. The van der Waals surface area contributed by atoms with Gasteiger partial charge in [0, 0.05) is 6.42 Å². The number of carbonyl (C=O) groups is 2. The van der Waals surface area contributed by atoms with Crippen molar-refractivity contribution in [3.05, 3.63) is 0 Å². The molecule has 0 aliphatic rings. The molecule has 0 spiro atoms. The van der Waals surface area contributed by atoms with Gasteiger partial charge in [0.05, 0.1) is 25.2 Å². The monoisotopic (exact) mass is 724 g/mol. The molecule has 0 aromatic heterocycles. The van der Waals surface area contributed by atoms with E-state index >= 15 is 0 Å². The van der Waals surface area contributed by atoms with Crippen LogP contribution >= 0.6 is 0 Å². The van der Waals surface area contributed by atoms with Gasteiger partial charge >= 0.3 is 5.97 Å². The van der Waals surface area contributed by atoms with Gasteiger partial charge in [-0.25, -0.2) is 0 Å². The standard InChI is InChI=1S/C45H89NO5/c1-4-7-10-13-16-18-20-21-22-24-25-28-31-34-37-43(48)42(40-47)46-44(49)39-41(36-33-30-27-15-12-9-6-3)51-45(50)38-35-32-29-26-23-19-17-14-11-8-5-2/h41-43,47-48H,4-40H2,1-3H3,(H,46,49). The Morgan fingerprint density at radius 3 is 1.20 bits per heavy atom. The third-order valence-electron chi connectivity index (χ3n) is 10.7. The Hall–Kier alpha value is -1.14. The predicted octanol–water partition coefficient (Wildman–Crippen LogP) is 12.8. The van der Waals surface area contributed by atoms with Crippen molar-refractivity contribution in [2.24, 2.45) is 0 Å². The summed E-state index contributed by atoms with van der Waals surface area (Å²) in [6, 6.07) is -0.689. The molecule has 3 N–H and O–H groups in total. The second kappa shape index (κ2) is 40.1. The zero-order valence-electron chi connectivity index (χ0n) is 34.5. The fourth-order valence-electron chi connectivity index (χ4n) is 7.20. The van der Waals surface area contributed by atoms with E-state index in [2.05, 4.69) is 26.1 Å². The zero-order valence-corrected chi connectivity index (χ0v) is 34.5. The molecular formula is C45H89NO5. The fraction of sp³-hybridized carbons (Fsp3) is 0.956. The first-order valence-corrected chi connectivity index (χ1v) is 22.8. The normalized spacial score (nSPS) is 13.3. The number of aliphatic hydroxyl groups is 2.